The van der Waals surface area contributed by atoms with E-state index in [1.165, 1.54) is 0 Å². The Morgan fingerprint density at radius 3 is 2.37 bits per heavy atom. The molecular weight excluding hydrogens is 499 g/mol. The van der Waals surface area contributed by atoms with E-state index in [1.807, 2.05) is 40.8 Å². The lowest BCUT2D eigenvalue weighted by Gasteiger charge is -2.28. The molecule has 2 aliphatic rings. The maximum atomic E-state index is 12.6. The monoisotopic (exact) mass is 531 g/mol. The molecule has 0 atom stereocenters. The number of pyridine rings is 1. The summed E-state index contributed by atoms with van der Waals surface area (Å²) in [6.07, 6.45) is -0.185. The predicted octanol–water partition coefficient (Wildman–Crippen LogP) is 4.89. The number of carbonyl (C=O) groups is 1. The fraction of sp³-hybridized carbons (Fsp3) is 0.462. The highest BCUT2D eigenvalue weighted by Crippen LogP contribution is 2.32. The first kappa shape index (κ1) is 27.4. The number of halogens is 3. The molecule has 0 aliphatic carbocycles. The van der Waals surface area contributed by atoms with E-state index in [0.29, 0.717) is 19.0 Å². The van der Waals surface area contributed by atoms with Gasteiger partial charge in [-0.15, -0.1) is 10.2 Å². The zero-order valence-electron chi connectivity index (χ0n) is 21.8. The number of aromatic nitrogens is 4. The molecule has 1 aromatic carbocycles. The normalized spacial score (nSPS) is 15.7. The van der Waals surface area contributed by atoms with Crippen molar-refractivity contribution < 1.29 is 22.7 Å². The smallest absolute Gasteiger partial charge is 0.378 e. The number of ether oxygens (including phenoxy) is 1. The van der Waals surface area contributed by atoms with Crippen molar-refractivity contribution in [3.8, 4) is 22.6 Å². The third kappa shape index (κ3) is 7.21. The van der Waals surface area contributed by atoms with Gasteiger partial charge in [-0.2, -0.15) is 13.2 Å². The Labute approximate surface area is 219 Å². The van der Waals surface area contributed by atoms with Crippen LogP contribution in [-0.4, -0.2) is 76.2 Å². The van der Waals surface area contributed by atoms with Crippen LogP contribution in [0.3, 0.4) is 0 Å². The quantitative estimate of drug-likeness (QED) is 0.516. The second-order valence-corrected chi connectivity index (χ2v) is 9.40. The number of benzene rings is 1. The number of urea groups is 1. The minimum atomic E-state index is -4.00. The number of rotatable bonds is 4. The molecule has 12 heteroatoms. The fourth-order valence-electron chi connectivity index (χ4n) is 4.39. The summed E-state index contributed by atoms with van der Waals surface area (Å²) in [5.41, 5.74) is 4.75. The molecule has 0 unspecified atom stereocenters. The van der Waals surface area contributed by atoms with Crippen LogP contribution in [0.1, 0.15) is 25.3 Å². The number of nitrogens with one attached hydrogen (secondary N) is 1. The second kappa shape index (κ2) is 11.8. The molecule has 3 aromatic rings. The maximum absolute atomic E-state index is 12.6. The van der Waals surface area contributed by atoms with Crippen LogP contribution < -0.4 is 10.2 Å². The molecule has 2 amide bonds. The Balaban J connectivity index is 0.000000617. The molecule has 204 valence electrons. The molecule has 2 aliphatic heterocycles. The summed E-state index contributed by atoms with van der Waals surface area (Å²) < 4.78 is 38.5. The number of likely N-dealkylation sites (tertiary alicyclic amines) is 1. The average Bonchev–Trinajstić information content (AvgIpc) is 3.57. The van der Waals surface area contributed by atoms with E-state index >= 15 is 0 Å². The van der Waals surface area contributed by atoms with Crippen molar-refractivity contribution in [2.45, 2.75) is 32.9 Å². The first-order chi connectivity index (χ1) is 18.1. The van der Waals surface area contributed by atoms with Crippen LogP contribution >= 0.6 is 0 Å². The predicted molar refractivity (Wildman–Crippen MR) is 139 cm³/mol. The van der Waals surface area contributed by atoms with Crippen molar-refractivity contribution in [3.63, 3.8) is 0 Å². The molecule has 5 rings (SSSR count). The molecule has 0 radical (unpaired) electrons. The molecule has 4 heterocycles. The number of carbonyl (C=O) groups excluding carboxylic acids is 1. The lowest BCUT2D eigenvalue weighted by molar-refractivity contribution is -0.110. The van der Waals surface area contributed by atoms with E-state index < -0.39 is 6.18 Å². The van der Waals surface area contributed by atoms with E-state index in [1.54, 1.807) is 6.33 Å². The van der Waals surface area contributed by atoms with Gasteiger partial charge in [0, 0.05) is 45.8 Å². The van der Waals surface area contributed by atoms with E-state index in [4.69, 9.17) is 9.72 Å². The van der Waals surface area contributed by atoms with Gasteiger partial charge in [-0.1, -0.05) is 6.07 Å². The first-order valence-electron chi connectivity index (χ1n) is 12.5. The largest absolute Gasteiger partial charge is 0.386 e. The van der Waals surface area contributed by atoms with Gasteiger partial charge in [-0.25, -0.2) is 9.78 Å². The highest BCUT2D eigenvalue weighted by molar-refractivity contribution is 5.91. The van der Waals surface area contributed by atoms with Crippen molar-refractivity contribution in [3.05, 3.63) is 42.2 Å². The maximum Gasteiger partial charge on any atom is 0.386 e. The summed E-state index contributed by atoms with van der Waals surface area (Å²) in [6, 6.07) is 10.2. The third-order valence-corrected chi connectivity index (χ3v) is 6.28. The summed E-state index contributed by atoms with van der Waals surface area (Å²) in [6.45, 7) is 6.85. The minimum Gasteiger partial charge on any atom is -0.378 e. The SMILES string of the molecule is CC(F)(F)F.Cc1ccc(NC(=O)N2CCCC2)cc1-c1cc(-c2nncn2C)nc(N2CCOCC2)c1. The summed E-state index contributed by atoms with van der Waals surface area (Å²) >= 11 is 0. The van der Waals surface area contributed by atoms with Crippen LogP contribution in [-0.2, 0) is 11.8 Å². The number of amides is 2. The second-order valence-electron chi connectivity index (χ2n) is 9.40. The minimum absolute atomic E-state index is 0.0363. The average molecular weight is 532 g/mol. The number of hydrogen-bond donors (Lipinski definition) is 1. The van der Waals surface area contributed by atoms with Crippen molar-refractivity contribution in [2.24, 2.45) is 7.05 Å². The Morgan fingerprint density at radius 1 is 1.05 bits per heavy atom. The van der Waals surface area contributed by atoms with Crippen LogP contribution in [0.5, 0.6) is 0 Å². The number of anilines is 2. The van der Waals surface area contributed by atoms with Crippen LogP contribution in [0.25, 0.3) is 22.6 Å². The fourth-order valence-corrected chi connectivity index (χ4v) is 4.39. The number of hydrogen-bond acceptors (Lipinski definition) is 6. The lowest BCUT2D eigenvalue weighted by atomic mass is 9.99. The topological polar surface area (TPSA) is 88.4 Å². The van der Waals surface area contributed by atoms with Gasteiger partial charge in [-0.3, -0.25) is 0 Å². The van der Waals surface area contributed by atoms with Gasteiger partial charge >= 0.3 is 12.2 Å². The van der Waals surface area contributed by atoms with E-state index in [9.17, 15) is 18.0 Å². The summed E-state index contributed by atoms with van der Waals surface area (Å²) in [7, 11) is 1.91. The van der Waals surface area contributed by atoms with Crippen molar-refractivity contribution in [1.29, 1.82) is 0 Å². The molecule has 0 saturated carbocycles. The summed E-state index contributed by atoms with van der Waals surface area (Å²) in [4.78, 5) is 21.6. The Kier molecular flexibility index (Phi) is 8.50. The highest BCUT2D eigenvalue weighted by Gasteiger charge is 2.20. The van der Waals surface area contributed by atoms with Crippen molar-refractivity contribution >= 4 is 17.5 Å². The van der Waals surface area contributed by atoms with E-state index in [-0.39, 0.29) is 13.0 Å². The Morgan fingerprint density at radius 2 is 1.74 bits per heavy atom. The van der Waals surface area contributed by atoms with Crippen LogP contribution in [0, 0.1) is 6.92 Å². The number of morpholine rings is 1. The number of alkyl halides is 3. The molecule has 2 fully saturated rings. The molecule has 0 spiro atoms. The number of aryl methyl sites for hydroxylation is 2. The summed E-state index contributed by atoms with van der Waals surface area (Å²) in [5, 5.41) is 11.4. The van der Waals surface area contributed by atoms with Gasteiger partial charge in [-0.05, 0) is 60.7 Å². The number of nitrogens with zero attached hydrogens (tertiary/aromatic N) is 6. The van der Waals surface area contributed by atoms with Gasteiger partial charge < -0.3 is 24.4 Å². The lowest BCUT2D eigenvalue weighted by Crippen LogP contribution is -2.36. The summed E-state index contributed by atoms with van der Waals surface area (Å²) in [5.74, 6) is 1.60. The molecule has 2 saturated heterocycles. The highest BCUT2D eigenvalue weighted by atomic mass is 19.4. The third-order valence-electron chi connectivity index (χ3n) is 6.28. The zero-order chi connectivity index (χ0) is 27.3. The van der Waals surface area contributed by atoms with Gasteiger partial charge in [0.15, 0.2) is 5.82 Å². The van der Waals surface area contributed by atoms with Crippen LogP contribution in [0.15, 0.2) is 36.7 Å². The van der Waals surface area contributed by atoms with Crippen molar-refractivity contribution in [2.75, 3.05) is 49.6 Å². The van der Waals surface area contributed by atoms with Crippen LogP contribution in [0.2, 0.25) is 0 Å². The molecule has 0 bridgehead atoms. The Hall–Kier alpha value is -3.67. The molecule has 1 N–H and O–H groups in total. The van der Waals surface area contributed by atoms with E-state index in [2.05, 4.69) is 33.4 Å². The molecule has 2 aromatic heterocycles. The Bertz CT molecular complexity index is 1240. The molecule has 38 heavy (non-hydrogen) atoms. The van der Waals surface area contributed by atoms with Gasteiger partial charge in [0.25, 0.3) is 0 Å². The van der Waals surface area contributed by atoms with Gasteiger partial charge in [0.2, 0.25) is 0 Å². The standard InChI is InChI=1S/C24H29N7O2.C2H3F3/c1-17-5-6-19(26-24(32)31-7-3-4-8-31)15-20(17)18-13-21(23-28-25-16-29(23)2)27-22(14-18)30-9-11-33-12-10-30;1-2(3,4)5/h5-6,13-16H,3-4,7-12H2,1-2H3,(H,26,32);1H3. The first-order valence-corrected chi connectivity index (χ1v) is 12.5. The zero-order valence-corrected chi connectivity index (χ0v) is 21.8. The molecular formula is C26H32F3N7O2. The van der Waals surface area contributed by atoms with Gasteiger partial charge in [0.05, 0.1) is 13.2 Å². The van der Waals surface area contributed by atoms with Crippen molar-refractivity contribution in [1.82, 2.24) is 24.6 Å². The van der Waals surface area contributed by atoms with Crippen LogP contribution in [0.4, 0.5) is 29.5 Å². The molecule has 9 nitrogen and oxygen atoms in total. The van der Waals surface area contributed by atoms with E-state index in [0.717, 1.165) is 72.9 Å². The van der Waals surface area contributed by atoms with Gasteiger partial charge in [0.1, 0.15) is 17.8 Å².